The summed E-state index contributed by atoms with van der Waals surface area (Å²) < 4.78 is 2.42. The van der Waals surface area contributed by atoms with Crippen LogP contribution in [0.1, 0.15) is 17.5 Å². The van der Waals surface area contributed by atoms with E-state index in [1.165, 1.54) is 65.3 Å². The molecular weight excluding hydrogens is 362 g/mol. The Bertz CT molecular complexity index is 1690. The van der Waals surface area contributed by atoms with Crippen LogP contribution in [0.2, 0.25) is 0 Å². The van der Waals surface area contributed by atoms with Gasteiger partial charge in [-0.3, -0.25) is 0 Å². The van der Waals surface area contributed by atoms with Gasteiger partial charge < -0.3 is 4.57 Å². The van der Waals surface area contributed by atoms with Crippen molar-refractivity contribution in [3.05, 3.63) is 90.0 Å². The molecule has 30 heavy (non-hydrogen) atoms. The van der Waals surface area contributed by atoms with E-state index in [0.717, 1.165) is 12.8 Å². The summed E-state index contributed by atoms with van der Waals surface area (Å²) in [5.74, 6) is 0. The van der Waals surface area contributed by atoms with Crippen LogP contribution >= 0.6 is 0 Å². The molecule has 142 valence electrons. The minimum atomic E-state index is 1.15. The van der Waals surface area contributed by atoms with E-state index in [2.05, 4.69) is 96.6 Å². The standard InChI is InChI=1S/C29H21N/c1-30-28-24(12-10-22-14-18-6-2-4-8-20(18)16-26(22)28)25-13-11-23-15-19-7-3-5-9-21(19)17-27(23)29(25)30/h2,4-6,8-17H,3,7H2,1H3. The lowest BCUT2D eigenvalue weighted by Crippen LogP contribution is -1.95. The summed E-state index contributed by atoms with van der Waals surface area (Å²) in [4.78, 5) is 0. The Kier molecular flexibility index (Phi) is 3.10. The van der Waals surface area contributed by atoms with Crippen molar-refractivity contribution >= 4 is 60.2 Å². The molecule has 0 unspecified atom stereocenters. The van der Waals surface area contributed by atoms with Crippen molar-refractivity contribution in [1.82, 2.24) is 4.57 Å². The van der Waals surface area contributed by atoms with E-state index in [1.807, 2.05) is 0 Å². The quantitative estimate of drug-likeness (QED) is 0.236. The maximum Gasteiger partial charge on any atom is 0.0568 e. The summed E-state index contributed by atoms with van der Waals surface area (Å²) in [6.07, 6.45) is 6.89. The third kappa shape index (κ3) is 2.07. The highest BCUT2D eigenvalue weighted by molar-refractivity contribution is 6.24. The Morgan fingerprint density at radius 2 is 1.30 bits per heavy atom. The number of hydrogen-bond donors (Lipinski definition) is 0. The van der Waals surface area contributed by atoms with Crippen LogP contribution in [0.3, 0.4) is 0 Å². The van der Waals surface area contributed by atoms with Gasteiger partial charge >= 0.3 is 0 Å². The number of nitrogens with zero attached hydrogens (tertiary/aromatic N) is 1. The summed E-state index contributed by atoms with van der Waals surface area (Å²) in [6.45, 7) is 0. The van der Waals surface area contributed by atoms with Crippen LogP contribution in [-0.2, 0) is 13.5 Å². The predicted octanol–water partition coefficient (Wildman–Crippen LogP) is 7.75. The zero-order valence-electron chi connectivity index (χ0n) is 16.9. The molecule has 0 spiro atoms. The molecule has 0 aliphatic heterocycles. The molecule has 0 radical (unpaired) electrons. The Labute approximate surface area is 174 Å². The minimum absolute atomic E-state index is 1.15. The van der Waals surface area contributed by atoms with E-state index in [0.29, 0.717) is 0 Å². The van der Waals surface area contributed by atoms with E-state index < -0.39 is 0 Å². The number of benzene rings is 5. The second-order valence-electron chi connectivity index (χ2n) is 8.62. The lowest BCUT2D eigenvalue weighted by Gasteiger charge is -2.13. The molecule has 0 fully saturated rings. The first-order valence-corrected chi connectivity index (χ1v) is 10.7. The Morgan fingerprint density at radius 1 is 0.633 bits per heavy atom. The largest absolute Gasteiger partial charge is 0.343 e. The molecule has 6 aromatic rings. The molecule has 1 nitrogen and oxygen atoms in total. The van der Waals surface area contributed by atoms with E-state index >= 15 is 0 Å². The molecule has 0 atom stereocenters. The zero-order valence-corrected chi connectivity index (χ0v) is 16.9. The summed E-state index contributed by atoms with van der Waals surface area (Å²) >= 11 is 0. The lowest BCUT2D eigenvalue weighted by atomic mass is 9.93. The van der Waals surface area contributed by atoms with Gasteiger partial charge in [0.25, 0.3) is 0 Å². The van der Waals surface area contributed by atoms with Gasteiger partial charge in [-0.2, -0.15) is 0 Å². The number of aryl methyl sites for hydroxylation is 2. The molecule has 0 amide bonds. The summed E-state index contributed by atoms with van der Waals surface area (Å²) in [5, 5.41) is 10.6. The molecule has 1 aliphatic carbocycles. The first-order chi connectivity index (χ1) is 14.8. The van der Waals surface area contributed by atoms with Crippen molar-refractivity contribution in [2.75, 3.05) is 0 Å². The number of allylic oxidation sites excluding steroid dienone is 1. The number of aromatic nitrogens is 1. The summed E-state index contributed by atoms with van der Waals surface area (Å²) in [6, 6.07) is 27.3. The van der Waals surface area contributed by atoms with Crippen LogP contribution < -0.4 is 0 Å². The van der Waals surface area contributed by atoms with Crippen LogP contribution in [0.15, 0.2) is 78.9 Å². The molecule has 0 saturated carbocycles. The van der Waals surface area contributed by atoms with Crippen molar-refractivity contribution in [3.8, 4) is 0 Å². The topological polar surface area (TPSA) is 4.93 Å². The van der Waals surface area contributed by atoms with Crippen molar-refractivity contribution in [1.29, 1.82) is 0 Å². The second-order valence-corrected chi connectivity index (χ2v) is 8.62. The molecule has 7 rings (SSSR count). The molecule has 1 aliphatic rings. The van der Waals surface area contributed by atoms with Crippen molar-refractivity contribution in [2.24, 2.45) is 7.05 Å². The first-order valence-electron chi connectivity index (χ1n) is 10.7. The average Bonchev–Trinajstić information content (AvgIpc) is 3.09. The van der Waals surface area contributed by atoms with E-state index in [9.17, 15) is 0 Å². The van der Waals surface area contributed by atoms with Gasteiger partial charge in [0.2, 0.25) is 0 Å². The molecule has 1 heteroatoms. The highest BCUT2D eigenvalue weighted by Gasteiger charge is 2.16. The van der Waals surface area contributed by atoms with Crippen LogP contribution in [0.25, 0.3) is 60.2 Å². The molecule has 0 saturated heterocycles. The van der Waals surface area contributed by atoms with E-state index in [-0.39, 0.29) is 0 Å². The van der Waals surface area contributed by atoms with Gasteiger partial charge in [0, 0.05) is 28.6 Å². The normalized spacial score (nSPS) is 13.8. The maximum absolute atomic E-state index is 2.42. The van der Waals surface area contributed by atoms with Crippen LogP contribution in [0.5, 0.6) is 0 Å². The third-order valence-electron chi connectivity index (χ3n) is 6.95. The fourth-order valence-electron chi connectivity index (χ4n) is 5.51. The Morgan fingerprint density at radius 3 is 2.07 bits per heavy atom. The van der Waals surface area contributed by atoms with Gasteiger partial charge in [-0.25, -0.2) is 0 Å². The Balaban J connectivity index is 1.68. The fourth-order valence-corrected chi connectivity index (χ4v) is 5.51. The smallest absolute Gasteiger partial charge is 0.0568 e. The van der Waals surface area contributed by atoms with Crippen molar-refractivity contribution < 1.29 is 0 Å². The zero-order chi connectivity index (χ0) is 19.8. The molecular formula is C29H21N. The van der Waals surface area contributed by atoms with Gasteiger partial charge in [-0.1, -0.05) is 66.7 Å². The van der Waals surface area contributed by atoms with E-state index in [4.69, 9.17) is 0 Å². The van der Waals surface area contributed by atoms with E-state index in [1.54, 1.807) is 0 Å². The number of rotatable bonds is 0. The lowest BCUT2D eigenvalue weighted by molar-refractivity contribution is 0.988. The Hall–Kier alpha value is -3.58. The molecule has 1 heterocycles. The van der Waals surface area contributed by atoms with Crippen LogP contribution in [0, 0.1) is 0 Å². The molecule has 0 N–H and O–H groups in total. The summed E-state index contributed by atoms with van der Waals surface area (Å²) in [7, 11) is 2.23. The van der Waals surface area contributed by atoms with Gasteiger partial charge in [-0.15, -0.1) is 0 Å². The monoisotopic (exact) mass is 383 g/mol. The summed E-state index contributed by atoms with van der Waals surface area (Å²) in [5.41, 5.74) is 5.52. The third-order valence-corrected chi connectivity index (χ3v) is 6.95. The fraction of sp³-hybridized carbons (Fsp3) is 0.103. The average molecular weight is 383 g/mol. The molecule has 5 aromatic carbocycles. The van der Waals surface area contributed by atoms with Gasteiger partial charge in [-0.05, 0) is 63.7 Å². The highest BCUT2D eigenvalue weighted by atomic mass is 14.9. The first kappa shape index (κ1) is 16.2. The number of fused-ring (bicyclic) bond motifs is 9. The van der Waals surface area contributed by atoms with Crippen LogP contribution in [-0.4, -0.2) is 4.57 Å². The highest BCUT2D eigenvalue weighted by Crippen LogP contribution is 2.39. The van der Waals surface area contributed by atoms with Crippen molar-refractivity contribution in [2.45, 2.75) is 12.8 Å². The van der Waals surface area contributed by atoms with Gasteiger partial charge in [0.05, 0.1) is 11.0 Å². The van der Waals surface area contributed by atoms with Crippen LogP contribution in [0.4, 0.5) is 0 Å². The maximum atomic E-state index is 2.42. The second kappa shape index (κ2) is 5.73. The SMILES string of the molecule is Cn1c2c3cc4c(cc3ccc2c2ccc3cc5ccccc5cc3c21)CCC=C4. The minimum Gasteiger partial charge on any atom is -0.343 e. The predicted molar refractivity (Wildman–Crippen MR) is 130 cm³/mol. The van der Waals surface area contributed by atoms with Crippen molar-refractivity contribution in [3.63, 3.8) is 0 Å². The molecule has 0 bridgehead atoms. The number of hydrogen-bond acceptors (Lipinski definition) is 0. The van der Waals surface area contributed by atoms with Gasteiger partial charge in [0.15, 0.2) is 0 Å². The molecule has 1 aromatic heterocycles. The van der Waals surface area contributed by atoms with Gasteiger partial charge in [0.1, 0.15) is 0 Å².